The Morgan fingerprint density at radius 3 is 2.79 bits per heavy atom. The highest BCUT2D eigenvalue weighted by atomic mass is 32.2. The van der Waals surface area contributed by atoms with Crippen molar-refractivity contribution in [3.8, 4) is 0 Å². The van der Waals surface area contributed by atoms with Crippen molar-refractivity contribution < 1.29 is 29.0 Å². The standard InChI is InChI=1S/C17H18N2O6S3/c1-9(20)25-7-10-8-28-17(26-2)14(15(22)19(17)13(10)16(23)24)18-12(21)6-11-4-3-5-27-11/h3-5,14H,6-8H2,1-2H3,(H,18,21)(H,23,24)/t14?,17-/m1/s1. The van der Waals surface area contributed by atoms with Crippen molar-refractivity contribution in [2.24, 2.45) is 0 Å². The van der Waals surface area contributed by atoms with Gasteiger partial charge in [-0.05, 0) is 17.7 Å². The molecule has 2 atom stereocenters. The van der Waals surface area contributed by atoms with Gasteiger partial charge in [0.25, 0.3) is 5.91 Å². The van der Waals surface area contributed by atoms with Gasteiger partial charge < -0.3 is 15.2 Å². The summed E-state index contributed by atoms with van der Waals surface area (Å²) in [6.45, 7) is 1.05. The van der Waals surface area contributed by atoms with Gasteiger partial charge in [0.2, 0.25) is 5.91 Å². The summed E-state index contributed by atoms with van der Waals surface area (Å²) < 4.78 is 4.00. The van der Waals surface area contributed by atoms with Gasteiger partial charge in [-0.3, -0.25) is 19.3 Å². The third-order valence-electron chi connectivity index (χ3n) is 4.32. The van der Waals surface area contributed by atoms with Gasteiger partial charge in [-0.2, -0.15) is 0 Å². The molecule has 1 aromatic heterocycles. The van der Waals surface area contributed by atoms with E-state index in [-0.39, 0.29) is 30.4 Å². The number of carboxylic acids is 1. The monoisotopic (exact) mass is 442 g/mol. The molecule has 1 unspecified atom stereocenters. The third kappa shape index (κ3) is 3.65. The molecular formula is C17H18N2O6S3. The Balaban J connectivity index is 1.82. The van der Waals surface area contributed by atoms with E-state index in [9.17, 15) is 24.3 Å². The zero-order valence-corrected chi connectivity index (χ0v) is 17.5. The van der Waals surface area contributed by atoms with Crippen molar-refractivity contribution in [1.29, 1.82) is 0 Å². The van der Waals surface area contributed by atoms with Crippen LogP contribution >= 0.6 is 34.9 Å². The number of hydrogen-bond donors (Lipinski definition) is 2. The molecule has 28 heavy (non-hydrogen) atoms. The topological polar surface area (TPSA) is 113 Å². The molecule has 11 heteroatoms. The number of fused-ring (bicyclic) bond motifs is 1. The zero-order chi connectivity index (χ0) is 20.5. The molecule has 0 spiro atoms. The van der Waals surface area contributed by atoms with Crippen LogP contribution in [-0.2, 0) is 30.3 Å². The molecule has 3 rings (SSSR count). The lowest BCUT2D eigenvalue weighted by molar-refractivity contribution is -0.152. The summed E-state index contributed by atoms with van der Waals surface area (Å²) in [6.07, 6.45) is 1.93. The van der Waals surface area contributed by atoms with Gasteiger partial charge >= 0.3 is 11.9 Å². The average molecular weight is 443 g/mol. The van der Waals surface area contributed by atoms with Crippen molar-refractivity contribution in [3.05, 3.63) is 33.7 Å². The molecule has 0 saturated carbocycles. The fourth-order valence-electron chi connectivity index (χ4n) is 3.08. The van der Waals surface area contributed by atoms with Crippen molar-refractivity contribution in [1.82, 2.24) is 10.2 Å². The van der Waals surface area contributed by atoms with E-state index in [4.69, 9.17) is 4.74 Å². The fraction of sp³-hybridized carbons (Fsp3) is 0.412. The molecule has 2 N–H and O–H groups in total. The summed E-state index contributed by atoms with van der Waals surface area (Å²) >= 11 is 4.10. The van der Waals surface area contributed by atoms with E-state index in [2.05, 4.69) is 5.32 Å². The minimum Gasteiger partial charge on any atom is -0.477 e. The van der Waals surface area contributed by atoms with Crippen molar-refractivity contribution in [3.63, 3.8) is 0 Å². The second-order valence-electron chi connectivity index (χ2n) is 6.09. The normalized spacial score (nSPS) is 23.7. The zero-order valence-electron chi connectivity index (χ0n) is 15.1. The van der Waals surface area contributed by atoms with E-state index < -0.39 is 28.1 Å². The molecule has 2 amide bonds. The van der Waals surface area contributed by atoms with Crippen LogP contribution in [0.1, 0.15) is 11.8 Å². The lowest BCUT2D eigenvalue weighted by Gasteiger charge is -2.57. The Morgan fingerprint density at radius 1 is 1.46 bits per heavy atom. The number of aliphatic carboxylic acids is 1. The van der Waals surface area contributed by atoms with Crippen LogP contribution in [0, 0.1) is 0 Å². The number of nitrogens with zero attached hydrogens (tertiary/aromatic N) is 1. The van der Waals surface area contributed by atoms with Crippen LogP contribution < -0.4 is 5.32 Å². The minimum absolute atomic E-state index is 0.163. The average Bonchev–Trinajstić information content (AvgIpc) is 3.15. The summed E-state index contributed by atoms with van der Waals surface area (Å²) in [7, 11) is 0. The largest absolute Gasteiger partial charge is 0.477 e. The second kappa shape index (κ2) is 8.18. The van der Waals surface area contributed by atoms with Gasteiger partial charge in [-0.25, -0.2) is 4.79 Å². The molecule has 2 aliphatic rings. The molecule has 1 aromatic rings. The first-order valence-electron chi connectivity index (χ1n) is 8.23. The summed E-state index contributed by atoms with van der Waals surface area (Å²) in [5.74, 6) is -2.30. The number of β-lactam (4-membered cyclic amide) rings is 1. The maximum absolute atomic E-state index is 12.8. The molecule has 0 radical (unpaired) electrons. The number of nitrogens with one attached hydrogen (secondary N) is 1. The Labute approximate surface area is 173 Å². The Hall–Kier alpha value is -1.98. The summed E-state index contributed by atoms with van der Waals surface area (Å²) in [4.78, 5) is 50.2. The molecular weight excluding hydrogens is 424 g/mol. The number of thioether (sulfide) groups is 2. The molecule has 2 aliphatic heterocycles. The third-order valence-corrected chi connectivity index (χ3v) is 8.38. The number of rotatable bonds is 7. The van der Waals surface area contributed by atoms with E-state index in [0.717, 1.165) is 4.88 Å². The Morgan fingerprint density at radius 2 is 2.21 bits per heavy atom. The van der Waals surface area contributed by atoms with Crippen LogP contribution in [0.5, 0.6) is 0 Å². The van der Waals surface area contributed by atoms with Crippen LogP contribution in [0.25, 0.3) is 0 Å². The van der Waals surface area contributed by atoms with Crippen LogP contribution in [-0.4, -0.2) is 62.6 Å². The van der Waals surface area contributed by atoms with Gasteiger partial charge in [0.1, 0.15) is 12.3 Å². The van der Waals surface area contributed by atoms with Crippen molar-refractivity contribution in [2.45, 2.75) is 23.6 Å². The van der Waals surface area contributed by atoms with E-state index >= 15 is 0 Å². The molecule has 0 aromatic carbocycles. The maximum atomic E-state index is 12.8. The molecule has 1 fully saturated rings. The molecule has 1 saturated heterocycles. The number of amides is 2. The van der Waals surface area contributed by atoms with E-state index in [0.29, 0.717) is 5.57 Å². The number of hydrogen-bond acceptors (Lipinski definition) is 8. The van der Waals surface area contributed by atoms with Crippen molar-refractivity contribution >= 4 is 58.6 Å². The van der Waals surface area contributed by atoms with E-state index in [1.165, 1.54) is 46.7 Å². The van der Waals surface area contributed by atoms with E-state index in [1.54, 1.807) is 6.26 Å². The smallest absolute Gasteiger partial charge is 0.352 e. The summed E-state index contributed by atoms with van der Waals surface area (Å²) in [6, 6.07) is 2.86. The van der Waals surface area contributed by atoms with Gasteiger partial charge in [-0.15, -0.1) is 34.9 Å². The minimum atomic E-state index is -1.27. The highest BCUT2D eigenvalue weighted by Crippen LogP contribution is 2.55. The second-order valence-corrected chi connectivity index (χ2v) is 9.61. The molecule has 3 heterocycles. The van der Waals surface area contributed by atoms with Crippen LogP contribution in [0.3, 0.4) is 0 Å². The number of thiophene rings is 1. The number of carboxylic acid groups (broad SMARTS) is 1. The van der Waals surface area contributed by atoms with Gasteiger partial charge in [0, 0.05) is 23.1 Å². The van der Waals surface area contributed by atoms with Crippen molar-refractivity contribution in [2.75, 3.05) is 18.6 Å². The highest BCUT2D eigenvalue weighted by Gasteiger charge is 2.65. The van der Waals surface area contributed by atoms with Gasteiger partial charge in [0.15, 0.2) is 10.2 Å². The molecule has 0 bridgehead atoms. The lowest BCUT2D eigenvalue weighted by Crippen LogP contribution is -2.77. The first-order valence-corrected chi connectivity index (χ1v) is 11.3. The number of ether oxygens (including phenoxy) is 1. The quantitative estimate of drug-likeness (QED) is 0.480. The SMILES string of the molecule is CS[C@]12SCC(COC(C)=O)=C(C(=O)O)N1C(=O)C2NC(=O)Cc1cccs1. The Kier molecular flexibility index (Phi) is 6.06. The van der Waals surface area contributed by atoms with Crippen LogP contribution in [0.2, 0.25) is 0 Å². The first-order chi connectivity index (χ1) is 13.3. The predicted octanol–water partition coefficient (Wildman–Crippen LogP) is 1.28. The molecule has 150 valence electrons. The van der Waals surface area contributed by atoms with Gasteiger partial charge in [0.05, 0.1) is 6.42 Å². The maximum Gasteiger partial charge on any atom is 0.352 e. The molecule has 0 aliphatic carbocycles. The van der Waals surface area contributed by atoms with Crippen LogP contribution in [0.15, 0.2) is 28.8 Å². The fourth-order valence-corrected chi connectivity index (χ4v) is 6.43. The van der Waals surface area contributed by atoms with Crippen LogP contribution in [0.4, 0.5) is 0 Å². The number of carbonyl (C=O) groups is 4. The summed E-state index contributed by atoms with van der Waals surface area (Å²) in [5, 5.41) is 14.3. The Bertz CT molecular complexity index is 853. The lowest BCUT2D eigenvalue weighted by atomic mass is 10.0. The number of esters is 1. The highest BCUT2D eigenvalue weighted by molar-refractivity contribution is 8.18. The predicted molar refractivity (Wildman–Crippen MR) is 107 cm³/mol. The summed E-state index contributed by atoms with van der Waals surface area (Å²) in [5.41, 5.74) is 0.178. The first kappa shape index (κ1) is 20.7. The molecule has 8 nitrogen and oxygen atoms in total. The number of carbonyl (C=O) groups excluding carboxylic acids is 3. The van der Waals surface area contributed by atoms with E-state index in [1.807, 2.05) is 17.5 Å². The van der Waals surface area contributed by atoms with Gasteiger partial charge in [-0.1, -0.05) is 6.07 Å².